The molecule has 2 rings (SSSR count). The molecule has 2 atom stereocenters. The van der Waals surface area contributed by atoms with Gasteiger partial charge in [0, 0.05) is 12.6 Å². The molecular weight excluding hydrogens is 347 g/mol. The molecule has 0 amide bonds. The minimum atomic E-state index is -4.03. The zero-order valence-electron chi connectivity index (χ0n) is 12.8. The number of esters is 1. The third-order valence-electron chi connectivity index (χ3n) is 3.79. The van der Waals surface area contributed by atoms with Crippen LogP contribution in [0.1, 0.15) is 23.7 Å². The van der Waals surface area contributed by atoms with Gasteiger partial charge in [0.05, 0.1) is 12.0 Å². The van der Waals surface area contributed by atoms with Gasteiger partial charge < -0.3 is 10.1 Å². The van der Waals surface area contributed by atoms with Crippen LogP contribution in [0.5, 0.6) is 0 Å². The van der Waals surface area contributed by atoms with Crippen molar-refractivity contribution in [2.75, 3.05) is 20.2 Å². The lowest BCUT2D eigenvalue weighted by Crippen LogP contribution is -2.50. The second kappa shape index (κ2) is 8.05. The number of methoxy groups -OCH3 is 1. The number of sulfonamides is 1. The molecule has 1 aromatic rings. The Bertz CT molecular complexity index is 669. The number of hydrogen-bond donors (Lipinski definition) is 2. The summed E-state index contributed by atoms with van der Waals surface area (Å²) >= 11 is 0. The second-order valence-corrected chi connectivity index (χ2v) is 6.98. The van der Waals surface area contributed by atoms with Crippen LogP contribution < -0.4 is 10.0 Å². The first-order chi connectivity index (χ1) is 10.4. The highest BCUT2D eigenvalue weighted by molar-refractivity contribution is 7.89. The predicted molar refractivity (Wildman–Crippen MR) is 85.7 cm³/mol. The Morgan fingerprint density at radius 3 is 2.74 bits per heavy atom. The molecule has 130 valence electrons. The average molecular weight is 367 g/mol. The van der Waals surface area contributed by atoms with E-state index in [4.69, 9.17) is 0 Å². The molecule has 0 radical (unpaired) electrons. The Labute approximate surface area is 141 Å². The zero-order valence-corrected chi connectivity index (χ0v) is 14.5. The molecule has 6 nitrogen and oxygen atoms in total. The largest absolute Gasteiger partial charge is 0.465 e. The zero-order chi connectivity index (χ0) is 16.3. The van der Waals surface area contributed by atoms with Crippen molar-refractivity contribution in [3.63, 3.8) is 0 Å². The van der Waals surface area contributed by atoms with Gasteiger partial charge in [0.25, 0.3) is 0 Å². The summed E-state index contributed by atoms with van der Waals surface area (Å²) in [6.45, 7) is 3.26. The molecule has 23 heavy (non-hydrogen) atoms. The van der Waals surface area contributed by atoms with Crippen molar-refractivity contribution in [2.24, 2.45) is 5.92 Å². The molecule has 0 spiro atoms. The van der Waals surface area contributed by atoms with Crippen LogP contribution in [-0.4, -0.2) is 40.6 Å². The highest BCUT2D eigenvalue weighted by atomic mass is 35.5. The van der Waals surface area contributed by atoms with E-state index in [1.807, 2.05) is 6.92 Å². The van der Waals surface area contributed by atoms with E-state index in [-0.39, 0.29) is 24.4 Å². The van der Waals surface area contributed by atoms with E-state index < -0.39 is 32.3 Å². The van der Waals surface area contributed by atoms with Gasteiger partial charge in [-0.1, -0.05) is 13.0 Å². The maximum Gasteiger partial charge on any atom is 0.342 e. The van der Waals surface area contributed by atoms with Gasteiger partial charge in [-0.25, -0.2) is 22.3 Å². The van der Waals surface area contributed by atoms with Crippen molar-refractivity contribution >= 4 is 28.4 Å². The summed E-state index contributed by atoms with van der Waals surface area (Å²) in [5.74, 6) is -1.80. The standard InChI is InChI=1S/C14H19FN2O4S.ClH/c1-9-6-7-16-8-11(9)17-22(19,20)12-5-3-4-10(15)13(12)14(18)21-2;/h3-5,9,11,16-17H,6-8H2,1-2H3;1H. The van der Waals surface area contributed by atoms with Crippen LogP contribution in [0.25, 0.3) is 0 Å². The Kier molecular flexibility index (Phi) is 6.94. The van der Waals surface area contributed by atoms with E-state index in [2.05, 4.69) is 14.8 Å². The lowest BCUT2D eigenvalue weighted by molar-refractivity contribution is 0.0590. The molecule has 1 heterocycles. The van der Waals surface area contributed by atoms with Crippen molar-refractivity contribution in [1.82, 2.24) is 10.0 Å². The first kappa shape index (κ1) is 19.8. The molecule has 0 aromatic heterocycles. The van der Waals surface area contributed by atoms with Crippen LogP contribution in [0.2, 0.25) is 0 Å². The predicted octanol–water partition coefficient (Wildman–Crippen LogP) is 1.31. The number of nitrogens with one attached hydrogen (secondary N) is 2. The van der Waals surface area contributed by atoms with E-state index in [1.54, 1.807) is 0 Å². The fraction of sp³-hybridized carbons (Fsp3) is 0.500. The summed E-state index contributed by atoms with van der Waals surface area (Å²) in [7, 11) is -2.96. The molecule has 1 fully saturated rings. The number of hydrogen-bond acceptors (Lipinski definition) is 5. The SMILES string of the molecule is COC(=O)c1c(F)cccc1S(=O)(=O)NC1CNCCC1C.Cl. The van der Waals surface area contributed by atoms with Gasteiger partial charge in [0.2, 0.25) is 10.0 Å². The summed E-state index contributed by atoms with van der Waals surface area (Å²) < 4.78 is 45.9. The lowest BCUT2D eigenvalue weighted by Gasteiger charge is -2.30. The normalized spacial score (nSPS) is 21.3. The topological polar surface area (TPSA) is 84.5 Å². The molecule has 0 bridgehead atoms. The fourth-order valence-corrected chi connectivity index (χ4v) is 3.99. The summed E-state index contributed by atoms with van der Waals surface area (Å²) in [4.78, 5) is 11.3. The number of piperidine rings is 1. The number of rotatable bonds is 4. The van der Waals surface area contributed by atoms with Gasteiger partial charge in [-0.15, -0.1) is 12.4 Å². The molecule has 1 aliphatic rings. The molecule has 2 N–H and O–H groups in total. The number of benzene rings is 1. The van der Waals surface area contributed by atoms with Gasteiger partial charge in [-0.05, 0) is 31.0 Å². The highest BCUT2D eigenvalue weighted by Crippen LogP contribution is 2.22. The molecule has 1 aliphatic heterocycles. The second-order valence-electron chi connectivity index (χ2n) is 5.30. The molecule has 1 aromatic carbocycles. The van der Waals surface area contributed by atoms with Crippen LogP contribution in [0.4, 0.5) is 4.39 Å². The van der Waals surface area contributed by atoms with Gasteiger partial charge in [0.15, 0.2) is 0 Å². The maximum absolute atomic E-state index is 13.9. The summed E-state index contributed by atoms with van der Waals surface area (Å²) in [5.41, 5.74) is -0.575. The van der Waals surface area contributed by atoms with Crippen molar-refractivity contribution in [3.05, 3.63) is 29.6 Å². The molecule has 9 heteroatoms. The number of carbonyl (C=O) groups is 1. The van der Waals surface area contributed by atoms with Crippen molar-refractivity contribution in [1.29, 1.82) is 0 Å². The van der Waals surface area contributed by atoms with Gasteiger partial charge >= 0.3 is 5.97 Å². The molecule has 2 unspecified atom stereocenters. The van der Waals surface area contributed by atoms with Crippen LogP contribution in [0.15, 0.2) is 23.1 Å². The quantitative estimate of drug-likeness (QED) is 0.785. The fourth-order valence-electron chi connectivity index (χ4n) is 2.44. The first-order valence-electron chi connectivity index (χ1n) is 6.96. The first-order valence-corrected chi connectivity index (χ1v) is 8.45. The Morgan fingerprint density at radius 1 is 1.43 bits per heavy atom. The Morgan fingerprint density at radius 2 is 2.13 bits per heavy atom. The average Bonchev–Trinajstić information content (AvgIpc) is 2.48. The van der Waals surface area contributed by atoms with Gasteiger partial charge in [-0.3, -0.25) is 0 Å². The number of ether oxygens (including phenoxy) is 1. The van der Waals surface area contributed by atoms with E-state index in [9.17, 15) is 17.6 Å². The molecule has 0 saturated carbocycles. The Balaban J connectivity index is 0.00000264. The van der Waals surface area contributed by atoms with Crippen LogP contribution in [0, 0.1) is 11.7 Å². The van der Waals surface area contributed by atoms with Crippen molar-refractivity contribution in [3.8, 4) is 0 Å². The van der Waals surface area contributed by atoms with Gasteiger partial charge in [0.1, 0.15) is 11.4 Å². The minimum Gasteiger partial charge on any atom is -0.465 e. The van der Waals surface area contributed by atoms with E-state index >= 15 is 0 Å². The monoisotopic (exact) mass is 366 g/mol. The smallest absolute Gasteiger partial charge is 0.342 e. The number of carbonyl (C=O) groups excluding carboxylic acids is 1. The lowest BCUT2D eigenvalue weighted by atomic mass is 9.96. The van der Waals surface area contributed by atoms with Crippen molar-refractivity contribution in [2.45, 2.75) is 24.3 Å². The minimum absolute atomic E-state index is 0. The molecule has 1 saturated heterocycles. The maximum atomic E-state index is 13.9. The third kappa shape index (κ3) is 4.41. The highest BCUT2D eigenvalue weighted by Gasteiger charge is 2.31. The van der Waals surface area contributed by atoms with E-state index in [1.165, 1.54) is 12.1 Å². The molecule has 0 aliphatic carbocycles. The summed E-state index contributed by atoms with van der Waals surface area (Å²) in [5, 5.41) is 3.11. The molecular formula is C14H20ClFN2O4S. The van der Waals surface area contributed by atoms with E-state index in [0.717, 1.165) is 26.1 Å². The van der Waals surface area contributed by atoms with Crippen molar-refractivity contribution < 1.29 is 22.3 Å². The van der Waals surface area contributed by atoms with E-state index in [0.29, 0.717) is 6.54 Å². The van der Waals surface area contributed by atoms with Crippen LogP contribution >= 0.6 is 12.4 Å². The third-order valence-corrected chi connectivity index (χ3v) is 5.32. The summed E-state index contributed by atoms with van der Waals surface area (Å²) in [6, 6.07) is 3.15. The number of halogens is 2. The van der Waals surface area contributed by atoms with Crippen LogP contribution in [-0.2, 0) is 14.8 Å². The summed E-state index contributed by atoms with van der Waals surface area (Å²) in [6.07, 6.45) is 0.834. The van der Waals surface area contributed by atoms with Gasteiger partial charge in [-0.2, -0.15) is 0 Å². The Hall–Kier alpha value is -1.22. The van der Waals surface area contributed by atoms with Crippen LogP contribution in [0.3, 0.4) is 0 Å².